The molecular formula is C19H19F2NO. The Kier molecular flexibility index (Phi) is 4.70. The number of rotatable bonds is 5. The van der Waals surface area contributed by atoms with E-state index < -0.39 is 11.6 Å². The van der Waals surface area contributed by atoms with E-state index in [0.717, 1.165) is 55.1 Å². The summed E-state index contributed by atoms with van der Waals surface area (Å²) in [6.07, 6.45) is 3.93. The van der Waals surface area contributed by atoms with Crippen LogP contribution >= 0.6 is 0 Å². The van der Waals surface area contributed by atoms with Gasteiger partial charge in [-0.05, 0) is 25.3 Å². The summed E-state index contributed by atoms with van der Waals surface area (Å²) in [6.45, 7) is 2.98. The summed E-state index contributed by atoms with van der Waals surface area (Å²) in [5, 5.41) is 0. The second-order valence-electron chi connectivity index (χ2n) is 5.67. The van der Waals surface area contributed by atoms with Gasteiger partial charge in [-0.1, -0.05) is 25.5 Å². The predicted molar refractivity (Wildman–Crippen MR) is 87.5 cm³/mol. The van der Waals surface area contributed by atoms with Gasteiger partial charge in [0.25, 0.3) is 0 Å². The molecule has 2 nitrogen and oxygen atoms in total. The predicted octanol–water partition coefficient (Wildman–Crippen LogP) is 5.29. The van der Waals surface area contributed by atoms with Gasteiger partial charge in [0.1, 0.15) is 23.1 Å². The van der Waals surface area contributed by atoms with Crippen LogP contribution < -0.4 is 4.74 Å². The number of ether oxygens (including phenoxy) is 1. The average molecular weight is 315 g/mol. The lowest BCUT2D eigenvalue weighted by atomic mass is 10.1. The molecule has 0 amide bonds. The minimum atomic E-state index is -0.644. The van der Waals surface area contributed by atoms with Crippen LogP contribution in [-0.4, -0.2) is 12.3 Å². The van der Waals surface area contributed by atoms with E-state index in [0.29, 0.717) is 5.75 Å². The Hall–Kier alpha value is -2.23. The van der Waals surface area contributed by atoms with Gasteiger partial charge >= 0.3 is 0 Å². The molecule has 23 heavy (non-hydrogen) atoms. The molecule has 0 saturated heterocycles. The van der Waals surface area contributed by atoms with Gasteiger partial charge in [-0.25, -0.2) is 8.78 Å². The molecule has 0 N–H and O–H groups in total. The first-order chi connectivity index (χ1) is 11.2. The molecule has 3 rings (SSSR count). The molecule has 0 unspecified atom stereocenters. The van der Waals surface area contributed by atoms with Crippen LogP contribution in [0.4, 0.5) is 8.78 Å². The van der Waals surface area contributed by atoms with Crippen molar-refractivity contribution in [2.24, 2.45) is 4.99 Å². The van der Waals surface area contributed by atoms with E-state index in [4.69, 9.17) is 4.74 Å². The molecular weight excluding hydrogens is 296 g/mol. The number of fused-ring (bicyclic) bond motifs is 1. The molecule has 0 aromatic heterocycles. The number of benzene rings is 2. The van der Waals surface area contributed by atoms with Crippen LogP contribution in [0, 0.1) is 11.6 Å². The topological polar surface area (TPSA) is 21.6 Å². The number of nitrogens with zero attached hydrogens (tertiary/aromatic N) is 1. The summed E-state index contributed by atoms with van der Waals surface area (Å²) in [6, 6.07) is 8.97. The van der Waals surface area contributed by atoms with Gasteiger partial charge in [-0.3, -0.25) is 4.99 Å². The van der Waals surface area contributed by atoms with Crippen LogP contribution in [0.3, 0.4) is 0 Å². The maximum atomic E-state index is 13.3. The highest BCUT2D eigenvalue weighted by Gasteiger charge is 2.21. The molecule has 4 heteroatoms. The van der Waals surface area contributed by atoms with Crippen LogP contribution in [0.1, 0.15) is 37.3 Å². The highest BCUT2D eigenvalue weighted by molar-refractivity contribution is 6.05. The molecule has 0 atom stereocenters. The molecule has 2 aromatic rings. The quantitative estimate of drug-likeness (QED) is 0.687. The van der Waals surface area contributed by atoms with Gasteiger partial charge in [0, 0.05) is 41.6 Å². The van der Waals surface area contributed by atoms with E-state index in [9.17, 15) is 8.78 Å². The van der Waals surface area contributed by atoms with Crippen LogP contribution in [0.5, 0.6) is 11.5 Å². The second-order valence-corrected chi connectivity index (χ2v) is 5.67. The minimum absolute atomic E-state index is 0.173. The van der Waals surface area contributed by atoms with E-state index >= 15 is 0 Å². The SMILES string of the molecule is CCCCN=C1CCc2c(Oc3cc(F)cc(F)c3)cccc21. The fourth-order valence-electron chi connectivity index (χ4n) is 2.82. The Morgan fingerprint density at radius 1 is 1.09 bits per heavy atom. The molecule has 0 aliphatic heterocycles. The normalized spacial score (nSPS) is 15.0. The molecule has 0 saturated carbocycles. The maximum absolute atomic E-state index is 13.3. The zero-order chi connectivity index (χ0) is 16.2. The Balaban J connectivity index is 1.87. The number of unbranched alkanes of at least 4 members (excludes halogenated alkanes) is 1. The third-order valence-electron chi connectivity index (χ3n) is 3.93. The molecule has 1 aliphatic rings. The number of halogens is 2. The van der Waals surface area contributed by atoms with E-state index in [1.54, 1.807) is 0 Å². The van der Waals surface area contributed by atoms with Crippen molar-refractivity contribution in [3.05, 3.63) is 59.2 Å². The van der Waals surface area contributed by atoms with Crippen molar-refractivity contribution >= 4 is 5.71 Å². The molecule has 0 radical (unpaired) electrons. The number of hydrogen-bond acceptors (Lipinski definition) is 2. The monoisotopic (exact) mass is 315 g/mol. The van der Waals surface area contributed by atoms with E-state index in [-0.39, 0.29) is 5.75 Å². The van der Waals surface area contributed by atoms with Gasteiger partial charge in [0.15, 0.2) is 0 Å². The Morgan fingerprint density at radius 3 is 2.61 bits per heavy atom. The third kappa shape index (κ3) is 3.58. The van der Waals surface area contributed by atoms with Crippen LogP contribution in [-0.2, 0) is 6.42 Å². The molecule has 1 aliphatic carbocycles. The van der Waals surface area contributed by atoms with Gasteiger partial charge in [-0.15, -0.1) is 0 Å². The highest BCUT2D eigenvalue weighted by atomic mass is 19.1. The zero-order valence-electron chi connectivity index (χ0n) is 13.1. The number of aliphatic imine (C=N–C) groups is 1. The summed E-state index contributed by atoms with van der Waals surface area (Å²) >= 11 is 0. The summed E-state index contributed by atoms with van der Waals surface area (Å²) in [7, 11) is 0. The van der Waals surface area contributed by atoms with Crippen molar-refractivity contribution in [2.45, 2.75) is 32.6 Å². The first-order valence-electron chi connectivity index (χ1n) is 7.97. The highest BCUT2D eigenvalue weighted by Crippen LogP contribution is 2.34. The third-order valence-corrected chi connectivity index (χ3v) is 3.93. The van der Waals surface area contributed by atoms with Crippen molar-refractivity contribution in [2.75, 3.05) is 6.54 Å². The van der Waals surface area contributed by atoms with Crippen LogP contribution in [0.15, 0.2) is 41.4 Å². The average Bonchev–Trinajstić information content (AvgIpc) is 2.91. The standard InChI is InChI=1S/C19H19F2NO/c1-2-3-9-22-18-8-7-17-16(18)5-4-6-19(17)23-15-11-13(20)10-14(21)12-15/h4-6,10-12H,2-3,7-9H2,1H3. The lowest BCUT2D eigenvalue weighted by molar-refractivity contribution is 0.463. The Morgan fingerprint density at radius 2 is 1.87 bits per heavy atom. The zero-order valence-corrected chi connectivity index (χ0v) is 13.1. The van der Waals surface area contributed by atoms with Gasteiger partial charge < -0.3 is 4.74 Å². The molecule has 120 valence electrons. The van der Waals surface area contributed by atoms with Crippen LogP contribution in [0.2, 0.25) is 0 Å². The smallest absolute Gasteiger partial charge is 0.133 e. The summed E-state index contributed by atoms with van der Waals surface area (Å²) in [4.78, 5) is 4.67. The van der Waals surface area contributed by atoms with Crippen molar-refractivity contribution in [3.8, 4) is 11.5 Å². The van der Waals surface area contributed by atoms with Gasteiger partial charge in [0.05, 0.1) is 0 Å². The lowest BCUT2D eigenvalue weighted by Gasteiger charge is -2.10. The first kappa shape index (κ1) is 15.7. The minimum Gasteiger partial charge on any atom is -0.457 e. The fourth-order valence-corrected chi connectivity index (χ4v) is 2.82. The molecule has 0 spiro atoms. The lowest BCUT2D eigenvalue weighted by Crippen LogP contribution is -1.97. The molecule has 2 aromatic carbocycles. The van der Waals surface area contributed by atoms with Crippen molar-refractivity contribution in [1.29, 1.82) is 0 Å². The van der Waals surface area contributed by atoms with Crippen LogP contribution in [0.25, 0.3) is 0 Å². The molecule has 0 bridgehead atoms. The summed E-state index contributed by atoms with van der Waals surface area (Å²) in [5.41, 5.74) is 3.26. The Bertz CT molecular complexity index is 720. The fraction of sp³-hybridized carbons (Fsp3) is 0.316. The van der Waals surface area contributed by atoms with Crippen molar-refractivity contribution < 1.29 is 13.5 Å². The van der Waals surface area contributed by atoms with Crippen molar-refractivity contribution in [3.63, 3.8) is 0 Å². The second kappa shape index (κ2) is 6.90. The van der Waals surface area contributed by atoms with Gasteiger partial charge in [-0.2, -0.15) is 0 Å². The first-order valence-corrected chi connectivity index (χ1v) is 7.97. The number of hydrogen-bond donors (Lipinski definition) is 0. The maximum Gasteiger partial charge on any atom is 0.133 e. The molecule has 0 fully saturated rings. The molecule has 0 heterocycles. The van der Waals surface area contributed by atoms with Crippen molar-refractivity contribution in [1.82, 2.24) is 0 Å². The van der Waals surface area contributed by atoms with Gasteiger partial charge in [0.2, 0.25) is 0 Å². The van der Waals surface area contributed by atoms with E-state index in [1.807, 2.05) is 18.2 Å². The Labute approximate surface area is 134 Å². The summed E-state index contributed by atoms with van der Waals surface area (Å²) in [5.74, 6) is -0.468. The summed E-state index contributed by atoms with van der Waals surface area (Å²) < 4.78 is 32.3. The largest absolute Gasteiger partial charge is 0.457 e. The van der Waals surface area contributed by atoms with E-state index in [2.05, 4.69) is 11.9 Å². The van der Waals surface area contributed by atoms with E-state index in [1.165, 1.54) is 12.1 Å².